The lowest BCUT2D eigenvalue weighted by atomic mass is 10.1. The number of hydrogen-bond donors (Lipinski definition) is 3. The molecule has 26 heavy (non-hydrogen) atoms. The van der Waals surface area contributed by atoms with Crippen molar-refractivity contribution in [3.8, 4) is 0 Å². The van der Waals surface area contributed by atoms with E-state index < -0.39 is 11.7 Å². The normalized spacial score (nSPS) is 12.7. The number of rotatable bonds is 5. The summed E-state index contributed by atoms with van der Waals surface area (Å²) in [6.45, 7) is 1.88. The van der Waals surface area contributed by atoms with Crippen molar-refractivity contribution in [1.82, 2.24) is 30.1 Å². The summed E-state index contributed by atoms with van der Waals surface area (Å²) in [6.07, 6.45) is 0.928. The van der Waals surface area contributed by atoms with Crippen molar-refractivity contribution in [3.05, 3.63) is 47.9 Å². The zero-order valence-electron chi connectivity index (χ0n) is 13.8. The Balaban J connectivity index is 1.88. The fourth-order valence-electron chi connectivity index (χ4n) is 2.35. The highest BCUT2D eigenvalue weighted by Crippen LogP contribution is 2.34. The van der Waals surface area contributed by atoms with Gasteiger partial charge in [0.15, 0.2) is 0 Å². The average Bonchev–Trinajstić information content (AvgIpc) is 3.08. The van der Waals surface area contributed by atoms with Gasteiger partial charge in [-0.25, -0.2) is 15.0 Å². The van der Waals surface area contributed by atoms with Crippen molar-refractivity contribution in [2.75, 3.05) is 17.7 Å². The molecule has 0 aliphatic heterocycles. The maximum atomic E-state index is 12.9. The van der Waals surface area contributed by atoms with Crippen LogP contribution in [0.4, 0.5) is 30.6 Å². The van der Waals surface area contributed by atoms with Gasteiger partial charge >= 0.3 is 6.18 Å². The highest BCUT2D eigenvalue weighted by Gasteiger charge is 2.35. The molecule has 11 heteroatoms. The van der Waals surface area contributed by atoms with Crippen LogP contribution < -0.4 is 10.6 Å². The minimum atomic E-state index is -4.54. The molecular weight excluding hydrogens is 349 g/mol. The van der Waals surface area contributed by atoms with E-state index in [0.29, 0.717) is 17.2 Å². The Morgan fingerprint density at radius 2 is 1.85 bits per heavy atom. The summed E-state index contributed by atoms with van der Waals surface area (Å²) in [5, 5.41) is 12.1. The van der Waals surface area contributed by atoms with E-state index >= 15 is 0 Å². The van der Waals surface area contributed by atoms with Crippen LogP contribution in [0.3, 0.4) is 0 Å². The van der Waals surface area contributed by atoms with E-state index in [1.807, 2.05) is 6.92 Å². The van der Waals surface area contributed by atoms with Crippen LogP contribution in [0.25, 0.3) is 0 Å². The van der Waals surface area contributed by atoms with Crippen LogP contribution in [-0.2, 0) is 6.18 Å². The number of halogens is 3. The van der Waals surface area contributed by atoms with E-state index in [0.717, 1.165) is 6.20 Å². The second kappa shape index (κ2) is 6.94. The molecule has 0 fully saturated rings. The van der Waals surface area contributed by atoms with E-state index in [4.69, 9.17) is 0 Å². The Morgan fingerprint density at radius 3 is 2.50 bits per heavy atom. The quantitative estimate of drug-likeness (QED) is 0.639. The van der Waals surface area contributed by atoms with Crippen molar-refractivity contribution in [3.63, 3.8) is 0 Å². The number of nitrogens with zero attached hydrogens (tertiary/aromatic N) is 5. The van der Waals surface area contributed by atoms with Gasteiger partial charge in [-0.05, 0) is 13.0 Å². The van der Waals surface area contributed by atoms with Gasteiger partial charge < -0.3 is 10.6 Å². The lowest BCUT2D eigenvalue weighted by molar-refractivity contribution is -0.137. The summed E-state index contributed by atoms with van der Waals surface area (Å²) in [4.78, 5) is 16.0. The zero-order chi connectivity index (χ0) is 18.7. The van der Waals surface area contributed by atoms with Gasteiger partial charge in [0.25, 0.3) is 0 Å². The molecule has 3 aromatic heterocycles. The third-order valence-electron chi connectivity index (χ3n) is 3.65. The molecule has 0 bridgehead atoms. The molecule has 0 aromatic carbocycles. The van der Waals surface area contributed by atoms with Crippen LogP contribution in [0.5, 0.6) is 0 Å². The molecule has 0 amide bonds. The van der Waals surface area contributed by atoms with Crippen LogP contribution >= 0.6 is 0 Å². The maximum absolute atomic E-state index is 12.9. The first-order valence-electron chi connectivity index (χ1n) is 7.59. The van der Waals surface area contributed by atoms with E-state index in [2.05, 4.69) is 40.8 Å². The third kappa shape index (κ3) is 3.55. The third-order valence-corrected chi connectivity index (χ3v) is 3.65. The van der Waals surface area contributed by atoms with Gasteiger partial charge in [0.2, 0.25) is 5.95 Å². The molecule has 0 aliphatic rings. The predicted octanol–water partition coefficient (Wildman–Crippen LogP) is 2.95. The number of hydrogen-bond acceptors (Lipinski definition) is 7. The maximum Gasteiger partial charge on any atom is 0.421 e. The average molecular weight is 364 g/mol. The molecule has 0 saturated heterocycles. The minimum Gasteiger partial charge on any atom is -0.372 e. The monoisotopic (exact) mass is 364 g/mol. The molecule has 1 atom stereocenters. The molecule has 136 valence electrons. The lowest BCUT2D eigenvalue weighted by Crippen LogP contribution is -2.13. The summed E-state index contributed by atoms with van der Waals surface area (Å²) >= 11 is 0. The Bertz CT molecular complexity index is 878. The topological polar surface area (TPSA) is 104 Å². The lowest BCUT2D eigenvalue weighted by Gasteiger charge is -2.14. The van der Waals surface area contributed by atoms with Crippen LogP contribution in [0, 0.1) is 0 Å². The number of nitrogens with one attached hydrogen (secondary N) is 3. The summed E-state index contributed by atoms with van der Waals surface area (Å²) in [5.74, 6) is 0.0362. The summed E-state index contributed by atoms with van der Waals surface area (Å²) < 4.78 is 38.8. The number of aromatic amines is 1. The number of H-pyrrole nitrogens is 1. The molecule has 3 aromatic rings. The van der Waals surface area contributed by atoms with Gasteiger partial charge in [-0.15, -0.1) is 0 Å². The largest absolute Gasteiger partial charge is 0.421 e. The Hall–Kier alpha value is -3.24. The van der Waals surface area contributed by atoms with E-state index in [1.54, 1.807) is 18.5 Å². The zero-order valence-corrected chi connectivity index (χ0v) is 13.8. The van der Waals surface area contributed by atoms with Gasteiger partial charge in [-0.3, -0.25) is 5.10 Å². The first-order chi connectivity index (χ1) is 12.4. The SMILES string of the molecule is CNc1nc(Nc2cn[nH]c2C(C)c2ncccn2)ncc1C(F)(F)F. The van der Waals surface area contributed by atoms with Crippen LogP contribution in [0.1, 0.15) is 29.9 Å². The first-order valence-corrected chi connectivity index (χ1v) is 7.59. The molecule has 0 saturated carbocycles. The molecule has 0 aliphatic carbocycles. The number of anilines is 3. The highest BCUT2D eigenvalue weighted by atomic mass is 19.4. The fraction of sp³-hybridized carbons (Fsp3) is 0.267. The van der Waals surface area contributed by atoms with E-state index in [-0.39, 0.29) is 17.7 Å². The van der Waals surface area contributed by atoms with Gasteiger partial charge in [-0.2, -0.15) is 23.3 Å². The summed E-state index contributed by atoms with van der Waals surface area (Å²) in [6, 6.07) is 1.71. The molecule has 0 radical (unpaired) electrons. The predicted molar refractivity (Wildman–Crippen MR) is 88.0 cm³/mol. The standard InChI is InChI=1S/C15H15F3N8/c1-8(12-20-4-3-5-21-12)11-10(7-23-26-11)24-14-22-6-9(15(16,17)18)13(19-2)25-14/h3-8H,1-2H3,(H,23,26)(H2,19,22,24,25). The first kappa shape index (κ1) is 17.6. The van der Waals surface area contributed by atoms with E-state index in [1.165, 1.54) is 13.2 Å². The summed E-state index contributed by atoms with van der Waals surface area (Å²) in [7, 11) is 1.36. The molecule has 3 rings (SSSR count). The van der Waals surface area contributed by atoms with Crippen LogP contribution in [0.2, 0.25) is 0 Å². The molecule has 1 unspecified atom stereocenters. The van der Waals surface area contributed by atoms with Gasteiger partial charge in [-0.1, -0.05) is 0 Å². The molecule has 0 spiro atoms. The molecule has 3 heterocycles. The van der Waals surface area contributed by atoms with Crippen LogP contribution in [-0.4, -0.2) is 37.2 Å². The Labute approximate surface area is 146 Å². The Morgan fingerprint density at radius 1 is 1.12 bits per heavy atom. The van der Waals surface area contributed by atoms with Crippen molar-refractivity contribution >= 4 is 17.5 Å². The van der Waals surface area contributed by atoms with Crippen molar-refractivity contribution < 1.29 is 13.2 Å². The smallest absolute Gasteiger partial charge is 0.372 e. The van der Waals surface area contributed by atoms with Gasteiger partial charge in [0.05, 0.1) is 23.5 Å². The minimum absolute atomic E-state index is 0.00572. The summed E-state index contributed by atoms with van der Waals surface area (Å²) in [5.41, 5.74) is 0.237. The second-order valence-corrected chi connectivity index (χ2v) is 5.35. The van der Waals surface area contributed by atoms with E-state index in [9.17, 15) is 13.2 Å². The second-order valence-electron chi connectivity index (χ2n) is 5.35. The number of alkyl halides is 3. The van der Waals surface area contributed by atoms with Gasteiger partial charge in [0.1, 0.15) is 17.2 Å². The fourth-order valence-corrected chi connectivity index (χ4v) is 2.35. The van der Waals surface area contributed by atoms with Crippen molar-refractivity contribution in [2.24, 2.45) is 0 Å². The van der Waals surface area contributed by atoms with Gasteiger partial charge in [0, 0.05) is 25.6 Å². The Kier molecular flexibility index (Phi) is 4.69. The van der Waals surface area contributed by atoms with Crippen LogP contribution in [0.15, 0.2) is 30.9 Å². The number of aromatic nitrogens is 6. The van der Waals surface area contributed by atoms with Crippen molar-refractivity contribution in [1.29, 1.82) is 0 Å². The molecule has 8 nitrogen and oxygen atoms in total. The van der Waals surface area contributed by atoms with Crippen molar-refractivity contribution in [2.45, 2.75) is 19.0 Å². The highest BCUT2D eigenvalue weighted by molar-refractivity contribution is 5.59. The molecular formula is C15H15F3N8. The molecule has 3 N–H and O–H groups in total.